The Morgan fingerprint density at radius 2 is 2.04 bits per heavy atom. The quantitative estimate of drug-likeness (QED) is 0.876. The van der Waals surface area contributed by atoms with Gasteiger partial charge in [0.1, 0.15) is 5.56 Å². The summed E-state index contributed by atoms with van der Waals surface area (Å²) in [5.41, 5.74) is 0.961. The van der Waals surface area contributed by atoms with Gasteiger partial charge in [0.05, 0.1) is 10.9 Å². The van der Waals surface area contributed by atoms with Gasteiger partial charge in [0, 0.05) is 40.0 Å². The molecule has 0 saturated carbocycles. The fourth-order valence-electron chi connectivity index (χ4n) is 3.28. The Morgan fingerprint density at radius 3 is 2.56 bits per heavy atom. The molecule has 1 aromatic heterocycles. The maximum atomic E-state index is 12.5. The van der Waals surface area contributed by atoms with Gasteiger partial charge in [-0.1, -0.05) is 18.5 Å². The van der Waals surface area contributed by atoms with Crippen LogP contribution in [0.2, 0.25) is 5.02 Å². The second kappa shape index (κ2) is 6.67. The summed E-state index contributed by atoms with van der Waals surface area (Å²) in [5, 5.41) is 10.7. The number of aromatic nitrogens is 1. The molecule has 134 valence electrons. The molecule has 3 unspecified atom stereocenters. The van der Waals surface area contributed by atoms with Gasteiger partial charge >= 0.3 is 5.97 Å². The molecule has 3 atom stereocenters. The number of fused-ring (bicyclic) bond motifs is 1. The Morgan fingerprint density at radius 1 is 1.36 bits per heavy atom. The normalized spacial score (nSPS) is 24.1. The van der Waals surface area contributed by atoms with Crippen molar-refractivity contribution in [3.05, 3.63) is 44.7 Å². The number of rotatable bonds is 3. The lowest BCUT2D eigenvalue weighted by Gasteiger charge is -2.24. The third kappa shape index (κ3) is 2.96. The smallest absolute Gasteiger partial charge is 0.341 e. The standard InChI is InChI=1S/C18H21ClN2O3S/c1-5-21-8-13(18(23)24)16(22)12-6-14(19)11(7-15(12)21)17-20(4)9(2)10(3)25-17/h6-10,17H,5H2,1-4H3,(H,23,24). The van der Waals surface area contributed by atoms with Crippen LogP contribution in [-0.4, -0.2) is 38.9 Å². The van der Waals surface area contributed by atoms with Gasteiger partial charge in [-0.3, -0.25) is 9.69 Å². The summed E-state index contributed by atoms with van der Waals surface area (Å²) in [6.07, 6.45) is 1.42. The topological polar surface area (TPSA) is 62.5 Å². The molecule has 0 aliphatic carbocycles. The second-order valence-corrected chi connectivity index (χ2v) is 8.32. The minimum Gasteiger partial charge on any atom is -0.477 e. The lowest BCUT2D eigenvalue weighted by molar-refractivity contribution is 0.0695. The van der Waals surface area contributed by atoms with Gasteiger partial charge in [-0.2, -0.15) is 0 Å². The average Bonchev–Trinajstić information content (AvgIpc) is 2.82. The largest absolute Gasteiger partial charge is 0.477 e. The van der Waals surface area contributed by atoms with E-state index in [0.717, 1.165) is 11.1 Å². The van der Waals surface area contributed by atoms with E-state index in [0.29, 0.717) is 28.2 Å². The van der Waals surface area contributed by atoms with Crippen LogP contribution >= 0.6 is 23.4 Å². The summed E-state index contributed by atoms with van der Waals surface area (Å²) in [4.78, 5) is 26.2. The first kappa shape index (κ1) is 18.3. The van der Waals surface area contributed by atoms with Crippen LogP contribution < -0.4 is 5.43 Å². The Kier molecular flexibility index (Phi) is 4.88. The zero-order chi connectivity index (χ0) is 18.5. The molecule has 1 fully saturated rings. The molecule has 0 bridgehead atoms. The van der Waals surface area contributed by atoms with Crippen LogP contribution in [0.25, 0.3) is 10.9 Å². The number of carbonyl (C=O) groups is 1. The number of thioether (sulfide) groups is 1. The monoisotopic (exact) mass is 380 g/mol. The lowest BCUT2D eigenvalue weighted by Crippen LogP contribution is -2.28. The van der Waals surface area contributed by atoms with Gasteiger partial charge in [0.2, 0.25) is 5.43 Å². The van der Waals surface area contributed by atoms with Crippen molar-refractivity contribution in [2.45, 2.75) is 44.0 Å². The minimum absolute atomic E-state index is 0.112. The third-order valence-corrected chi connectivity index (χ3v) is 7.07. The van der Waals surface area contributed by atoms with Crippen LogP contribution in [0.15, 0.2) is 23.1 Å². The molecule has 1 N–H and O–H groups in total. The van der Waals surface area contributed by atoms with E-state index in [-0.39, 0.29) is 10.9 Å². The van der Waals surface area contributed by atoms with E-state index in [1.807, 2.05) is 24.8 Å². The Labute approximate surface area is 155 Å². The van der Waals surface area contributed by atoms with Crippen molar-refractivity contribution in [3.63, 3.8) is 0 Å². The number of aryl methyl sites for hydroxylation is 1. The molecule has 7 heteroatoms. The molecule has 1 saturated heterocycles. The molecule has 1 aliphatic rings. The van der Waals surface area contributed by atoms with E-state index in [2.05, 4.69) is 25.8 Å². The van der Waals surface area contributed by atoms with Gasteiger partial charge in [-0.15, -0.1) is 11.8 Å². The van der Waals surface area contributed by atoms with Crippen LogP contribution in [0.4, 0.5) is 0 Å². The molecule has 2 heterocycles. The summed E-state index contributed by atoms with van der Waals surface area (Å²) < 4.78 is 1.80. The second-order valence-electron chi connectivity index (χ2n) is 6.45. The Bertz CT molecular complexity index is 911. The SMILES string of the molecule is CCn1cc(C(=O)O)c(=O)c2cc(Cl)c(C3SC(C)C(C)N3C)cc21. The molecule has 3 rings (SSSR count). The molecular weight excluding hydrogens is 360 g/mol. The maximum absolute atomic E-state index is 12.5. The zero-order valence-electron chi connectivity index (χ0n) is 14.6. The fourth-order valence-corrected chi connectivity index (χ4v) is 5.16. The summed E-state index contributed by atoms with van der Waals surface area (Å²) in [6.45, 7) is 6.87. The maximum Gasteiger partial charge on any atom is 0.341 e. The highest BCUT2D eigenvalue weighted by Crippen LogP contribution is 2.47. The van der Waals surface area contributed by atoms with Crippen molar-refractivity contribution in [2.24, 2.45) is 0 Å². The van der Waals surface area contributed by atoms with Crippen molar-refractivity contribution in [3.8, 4) is 0 Å². The van der Waals surface area contributed by atoms with Gasteiger partial charge in [-0.05, 0) is 33.0 Å². The van der Waals surface area contributed by atoms with Gasteiger partial charge in [-0.25, -0.2) is 4.79 Å². The van der Waals surface area contributed by atoms with Crippen LogP contribution in [0, 0.1) is 0 Å². The highest BCUT2D eigenvalue weighted by molar-refractivity contribution is 8.00. The predicted molar refractivity (Wildman–Crippen MR) is 103 cm³/mol. The van der Waals surface area contributed by atoms with E-state index in [9.17, 15) is 14.7 Å². The fraction of sp³-hybridized carbons (Fsp3) is 0.444. The summed E-state index contributed by atoms with van der Waals surface area (Å²) in [5.74, 6) is -1.22. The van der Waals surface area contributed by atoms with E-state index >= 15 is 0 Å². The minimum atomic E-state index is -1.22. The van der Waals surface area contributed by atoms with Crippen molar-refractivity contribution < 1.29 is 9.90 Å². The van der Waals surface area contributed by atoms with E-state index in [1.54, 1.807) is 10.6 Å². The van der Waals surface area contributed by atoms with Crippen molar-refractivity contribution >= 4 is 40.2 Å². The molecule has 5 nitrogen and oxygen atoms in total. The molecule has 0 radical (unpaired) electrons. The number of carboxylic acid groups (broad SMARTS) is 1. The highest BCUT2D eigenvalue weighted by atomic mass is 35.5. The zero-order valence-corrected chi connectivity index (χ0v) is 16.2. The number of carboxylic acids is 1. The van der Waals surface area contributed by atoms with Crippen LogP contribution in [0.1, 0.15) is 42.1 Å². The van der Waals surface area contributed by atoms with Gasteiger partial charge in [0.25, 0.3) is 0 Å². The summed E-state index contributed by atoms with van der Waals surface area (Å²) >= 11 is 8.35. The lowest BCUT2D eigenvalue weighted by atomic mass is 10.1. The highest BCUT2D eigenvalue weighted by Gasteiger charge is 2.36. The molecular formula is C18H21ClN2O3S. The van der Waals surface area contributed by atoms with E-state index < -0.39 is 11.4 Å². The summed E-state index contributed by atoms with van der Waals surface area (Å²) in [6, 6.07) is 3.98. The van der Waals surface area contributed by atoms with Crippen molar-refractivity contribution in [1.29, 1.82) is 0 Å². The molecule has 25 heavy (non-hydrogen) atoms. The van der Waals surface area contributed by atoms with Crippen LogP contribution in [0.5, 0.6) is 0 Å². The first-order chi connectivity index (χ1) is 11.8. The molecule has 1 aromatic carbocycles. The van der Waals surface area contributed by atoms with E-state index in [4.69, 9.17) is 11.6 Å². The summed E-state index contributed by atoms with van der Waals surface area (Å²) in [7, 11) is 2.08. The molecule has 1 aliphatic heterocycles. The van der Waals surface area contributed by atoms with Crippen molar-refractivity contribution in [1.82, 2.24) is 9.47 Å². The molecule has 2 aromatic rings. The first-order valence-electron chi connectivity index (χ1n) is 8.23. The number of pyridine rings is 1. The van der Waals surface area contributed by atoms with Gasteiger partial charge < -0.3 is 9.67 Å². The van der Waals surface area contributed by atoms with E-state index in [1.165, 1.54) is 6.20 Å². The number of halogens is 1. The number of hydrogen-bond donors (Lipinski definition) is 1. The number of nitrogens with zero attached hydrogens (tertiary/aromatic N) is 2. The average molecular weight is 381 g/mol. The Balaban J connectivity index is 2.25. The van der Waals surface area contributed by atoms with Crippen LogP contribution in [0.3, 0.4) is 0 Å². The van der Waals surface area contributed by atoms with Crippen LogP contribution in [-0.2, 0) is 6.54 Å². The van der Waals surface area contributed by atoms with Crippen molar-refractivity contribution in [2.75, 3.05) is 7.05 Å². The predicted octanol–water partition coefficient (Wildman–Crippen LogP) is 3.83. The number of aromatic carboxylic acids is 1. The number of hydrogen-bond acceptors (Lipinski definition) is 4. The molecule has 0 spiro atoms. The first-order valence-corrected chi connectivity index (χ1v) is 9.55. The molecule has 0 amide bonds. The number of benzene rings is 1. The van der Waals surface area contributed by atoms with Gasteiger partial charge in [0.15, 0.2) is 0 Å². The Hall–Kier alpha value is -1.50. The third-order valence-electron chi connectivity index (χ3n) is 5.07.